The van der Waals surface area contributed by atoms with Crippen molar-refractivity contribution in [3.63, 3.8) is 0 Å². The van der Waals surface area contributed by atoms with Gasteiger partial charge >= 0.3 is 5.97 Å². The molecule has 9 nitrogen and oxygen atoms in total. The van der Waals surface area contributed by atoms with Gasteiger partial charge in [-0.05, 0) is 55.5 Å². The van der Waals surface area contributed by atoms with Crippen molar-refractivity contribution in [3.8, 4) is 0 Å². The summed E-state index contributed by atoms with van der Waals surface area (Å²) in [5.74, 6) is -2.90. The maximum Gasteiger partial charge on any atom is 0.327 e. The summed E-state index contributed by atoms with van der Waals surface area (Å²) >= 11 is 11.4. The number of esters is 1. The number of rotatable bonds is 8. The highest BCUT2D eigenvalue weighted by atomic mass is 35.5. The number of ether oxygens (including phenoxy) is 1. The standard InChI is InChI=1S/C19H18Cl2N2O7S/c1-11(24)17(23-31(28,29)15-8-6-14(21)7-9-15)19(27)30-10-16(25)22-18(26)12-2-4-13(20)5-3-12/h2-9,11,17,23-24H,10H2,1H3,(H,22,25,26). The predicted molar refractivity (Wildman–Crippen MR) is 112 cm³/mol. The van der Waals surface area contributed by atoms with Gasteiger partial charge in [0.25, 0.3) is 11.8 Å². The van der Waals surface area contributed by atoms with E-state index in [1.165, 1.54) is 55.5 Å². The molecule has 0 spiro atoms. The van der Waals surface area contributed by atoms with E-state index in [4.69, 9.17) is 27.9 Å². The van der Waals surface area contributed by atoms with Gasteiger partial charge in [-0.1, -0.05) is 23.2 Å². The number of hydrogen-bond donors (Lipinski definition) is 3. The number of nitrogens with one attached hydrogen (secondary N) is 2. The molecule has 0 saturated carbocycles. The highest BCUT2D eigenvalue weighted by Gasteiger charge is 2.31. The number of imide groups is 1. The van der Waals surface area contributed by atoms with Crippen LogP contribution in [0, 0.1) is 0 Å². The maximum absolute atomic E-state index is 12.4. The number of benzene rings is 2. The van der Waals surface area contributed by atoms with E-state index < -0.39 is 46.6 Å². The zero-order valence-electron chi connectivity index (χ0n) is 16.0. The van der Waals surface area contributed by atoms with Crippen molar-refractivity contribution in [3.05, 3.63) is 64.1 Å². The van der Waals surface area contributed by atoms with E-state index in [-0.39, 0.29) is 10.5 Å². The molecule has 0 radical (unpaired) electrons. The van der Waals surface area contributed by atoms with E-state index in [1.807, 2.05) is 10.0 Å². The third kappa shape index (κ3) is 7.30. The van der Waals surface area contributed by atoms with Crippen molar-refractivity contribution >= 4 is 51.0 Å². The molecule has 0 aliphatic heterocycles. The molecule has 2 aromatic carbocycles. The van der Waals surface area contributed by atoms with Gasteiger partial charge in [0.05, 0.1) is 11.0 Å². The number of carbonyl (C=O) groups excluding carboxylic acids is 3. The second kappa shape index (κ2) is 10.7. The molecule has 166 valence electrons. The molecule has 2 amide bonds. The Morgan fingerprint density at radius 2 is 1.52 bits per heavy atom. The Bertz CT molecular complexity index is 1060. The smallest absolute Gasteiger partial charge is 0.327 e. The first-order valence-corrected chi connectivity index (χ1v) is 11.0. The largest absolute Gasteiger partial charge is 0.454 e. The number of carbonyl (C=O) groups is 3. The summed E-state index contributed by atoms with van der Waals surface area (Å²) < 4.78 is 31.6. The van der Waals surface area contributed by atoms with Crippen molar-refractivity contribution in [2.75, 3.05) is 6.61 Å². The molecular formula is C19H18Cl2N2O7S. The topological polar surface area (TPSA) is 139 Å². The van der Waals surface area contributed by atoms with Gasteiger partial charge in [-0.3, -0.25) is 19.7 Å². The Labute approximate surface area is 188 Å². The summed E-state index contributed by atoms with van der Waals surface area (Å²) in [4.78, 5) is 35.9. The Kier molecular flexibility index (Phi) is 8.54. The minimum Gasteiger partial charge on any atom is -0.454 e. The monoisotopic (exact) mass is 488 g/mol. The molecule has 0 saturated heterocycles. The first-order valence-electron chi connectivity index (χ1n) is 8.72. The van der Waals surface area contributed by atoms with E-state index in [1.54, 1.807) is 0 Å². The molecule has 0 aliphatic rings. The van der Waals surface area contributed by atoms with Gasteiger partial charge in [0.2, 0.25) is 10.0 Å². The Morgan fingerprint density at radius 3 is 2.03 bits per heavy atom. The molecule has 0 aromatic heterocycles. The molecular weight excluding hydrogens is 471 g/mol. The summed E-state index contributed by atoms with van der Waals surface area (Å²) in [6.45, 7) is 0.296. The fraction of sp³-hybridized carbons (Fsp3) is 0.211. The van der Waals surface area contributed by atoms with Crippen molar-refractivity contribution < 1.29 is 32.6 Å². The number of aliphatic hydroxyl groups is 1. The number of amides is 2. The van der Waals surface area contributed by atoms with Gasteiger partial charge in [-0.25, -0.2) is 8.42 Å². The van der Waals surface area contributed by atoms with Gasteiger partial charge in [0.1, 0.15) is 6.04 Å². The summed E-state index contributed by atoms with van der Waals surface area (Å²) in [5, 5.41) is 12.5. The molecule has 0 fully saturated rings. The number of aliphatic hydroxyl groups excluding tert-OH is 1. The van der Waals surface area contributed by atoms with Crippen LogP contribution in [-0.2, 0) is 24.3 Å². The number of halogens is 2. The third-order valence-corrected chi connectivity index (χ3v) is 5.81. The van der Waals surface area contributed by atoms with Gasteiger partial charge in [0.15, 0.2) is 6.61 Å². The van der Waals surface area contributed by atoms with Crippen LogP contribution in [0.2, 0.25) is 10.0 Å². The second-order valence-corrected chi connectivity index (χ2v) is 8.87. The highest BCUT2D eigenvalue weighted by Crippen LogP contribution is 2.15. The normalized spacial score (nSPS) is 13.2. The van der Waals surface area contributed by atoms with E-state index in [9.17, 15) is 27.9 Å². The lowest BCUT2D eigenvalue weighted by Gasteiger charge is -2.20. The van der Waals surface area contributed by atoms with Crippen LogP contribution >= 0.6 is 23.2 Å². The first-order chi connectivity index (χ1) is 14.5. The number of sulfonamides is 1. The van der Waals surface area contributed by atoms with Crippen molar-refractivity contribution in [1.82, 2.24) is 10.0 Å². The minimum atomic E-state index is -4.20. The zero-order chi connectivity index (χ0) is 23.2. The van der Waals surface area contributed by atoms with Crippen LogP contribution in [0.15, 0.2) is 53.4 Å². The summed E-state index contributed by atoms with van der Waals surface area (Å²) in [5.41, 5.74) is 0.154. The lowest BCUT2D eigenvalue weighted by atomic mass is 10.2. The predicted octanol–water partition coefficient (Wildman–Crippen LogP) is 1.52. The first kappa shape index (κ1) is 24.8. The summed E-state index contributed by atoms with van der Waals surface area (Å²) in [6, 6.07) is 9.12. The zero-order valence-corrected chi connectivity index (χ0v) is 18.4. The summed E-state index contributed by atoms with van der Waals surface area (Å²) in [6.07, 6.45) is -1.48. The Hall–Kier alpha value is -2.50. The van der Waals surface area contributed by atoms with Crippen LogP contribution in [0.5, 0.6) is 0 Å². The van der Waals surface area contributed by atoms with E-state index >= 15 is 0 Å². The van der Waals surface area contributed by atoms with Crippen molar-refractivity contribution in [1.29, 1.82) is 0 Å². The average molecular weight is 489 g/mol. The third-order valence-electron chi connectivity index (χ3n) is 3.85. The van der Waals surface area contributed by atoms with E-state index in [0.717, 1.165) is 0 Å². The van der Waals surface area contributed by atoms with E-state index in [2.05, 4.69) is 0 Å². The van der Waals surface area contributed by atoms with Crippen LogP contribution in [0.25, 0.3) is 0 Å². The quantitative estimate of drug-likeness (QED) is 0.478. The molecule has 2 aromatic rings. The summed E-state index contributed by atoms with van der Waals surface area (Å²) in [7, 11) is -4.20. The number of hydrogen-bond acceptors (Lipinski definition) is 7. The van der Waals surface area contributed by atoms with Crippen molar-refractivity contribution in [2.24, 2.45) is 0 Å². The lowest BCUT2D eigenvalue weighted by Crippen LogP contribution is -2.49. The van der Waals surface area contributed by atoms with Crippen molar-refractivity contribution in [2.45, 2.75) is 24.0 Å². The SMILES string of the molecule is CC(O)C(NS(=O)(=O)c1ccc(Cl)cc1)C(=O)OCC(=O)NC(=O)c1ccc(Cl)cc1. The highest BCUT2D eigenvalue weighted by molar-refractivity contribution is 7.89. The minimum absolute atomic E-state index is 0.154. The molecule has 3 N–H and O–H groups in total. The van der Waals surface area contributed by atoms with Crippen LogP contribution in [0.4, 0.5) is 0 Å². The Morgan fingerprint density at radius 1 is 1.00 bits per heavy atom. The molecule has 2 unspecified atom stereocenters. The Balaban J connectivity index is 1.97. The fourth-order valence-electron chi connectivity index (χ4n) is 2.26. The van der Waals surface area contributed by atoms with Crippen LogP contribution in [0.1, 0.15) is 17.3 Å². The molecule has 12 heteroatoms. The van der Waals surface area contributed by atoms with Gasteiger partial charge in [-0.2, -0.15) is 4.72 Å². The van der Waals surface area contributed by atoms with Gasteiger partial charge in [-0.15, -0.1) is 0 Å². The molecule has 0 bridgehead atoms. The molecule has 2 atom stereocenters. The van der Waals surface area contributed by atoms with E-state index in [0.29, 0.717) is 10.0 Å². The second-order valence-electron chi connectivity index (χ2n) is 6.29. The molecule has 31 heavy (non-hydrogen) atoms. The van der Waals surface area contributed by atoms with Crippen LogP contribution in [-0.4, -0.2) is 50.1 Å². The van der Waals surface area contributed by atoms with Gasteiger partial charge in [0, 0.05) is 15.6 Å². The van der Waals surface area contributed by atoms with Gasteiger partial charge < -0.3 is 9.84 Å². The fourth-order valence-corrected chi connectivity index (χ4v) is 3.76. The lowest BCUT2D eigenvalue weighted by molar-refractivity contribution is -0.152. The van der Waals surface area contributed by atoms with Crippen LogP contribution < -0.4 is 10.0 Å². The molecule has 0 heterocycles. The average Bonchev–Trinajstić information content (AvgIpc) is 2.71. The van der Waals surface area contributed by atoms with Crippen LogP contribution in [0.3, 0.4) is 0 Å². The maximum atomic E-state index is 12.4. The molecule has 2 rings (SSSR count). The molecule has 0 aliphatic carbocycles.